The summed E-state index contributed by atoms with van der Waals surface area (Å²) in [5.74, 6) is 0.221. The molecule has 0 saturated heterocycles. The molecule has 0 aromatic heterocycles. The lowest BCUT2D eigenvalue weighted by Gasteiger charge is -2.16. The highest BCUT2D eigenvalue weighted by molar-refractivity contribution is 9.10. The average molecular weight is 505 g/mol. The molecular weight excluding hydrogens is 482 g/mol. The van der Waals surface area contributed by atoms with Gasteiger partial charge in [-0.15, -0.1) is 0 Å². The number of aryl methyl sites for hydroxylation is 1. The van der Waals surface area contributed by atoms with Gasteiger partial charge in [0.15, 0.2) is 11.5 Å². The SMILES string of the molecule is CCOc1cc(CNc2ccc(Cl)c(C(=O)O)c2)cc(Br)c1OCc1ccc(C)cc1. The number of hydrogen-bond donors (Lipinski definition) is 2. The first-order valence-corrected chi connectivity index (χ1v) is 10.9. The second-order valence-corrected chi connectivity index (χ2v) is 8.23. The van der Waals surface area contributed by atoms with Crippen molar-refractivity contribution in [3.8, 4) is 11.5 Å². The highest BCUT2D eigenvalue weighted by Gasteiger charge is 2.14. The molecule has 0 aliphatic rings. The van der Waals surface area contributed by atoms with Gasteiger partial charge in [0, 0.05) is 12.2 Å². The van der Waals surface area contributed by atoms with E-state index in [1.54, 1.807) is 12.1 Å². The molecule has 0 heterocycles. The average Bonchev–Trinajstić information content (AvgIpc) is 2.74. The van der Waals surface area contributed by atoms with E-state index in [1.165, 1.54) is 11.6 Å². The van der Waals surface area contributed by atoms with Crippen molar-refractivity contribution in [2.24, 2.45) is 0 Å². The molecule has 0 radical (unpaired) electrons. The largest absolute Gasteiger partial charge is 0.490 e. The first-order chi connectivity index (χ1) is 14.9. The molecule has 7 heteroatoms. The van der Waals surface area contributed by atoms with Crippen LogP contribution in [0.2, 0.25) is 5.02 Å². The highest BCUT2D eigenvalue weighted by atomic mass is 79.9. The first-order valence-electron chi connectivity index (χ1n) is 9.77. The van der Waals surface area contributed by atoms with Crippen molar-refractivity contribution in [2.45, 2.75) is 27.0 Å². The Hall–Kier alpha value is -2.70. The minimum Gasteiger partial charge on any atom is -0.490 e. The van der Waals surface area contributed by atoms with E-state index in [2.05, 4.69) is 33.4 Å². The third-order valence-electron chi connectivity index (χ3n) is 4.57. The third-order valence-corrected chi connectivity index (χ3v) is 5.48. The summed E-state index contributed by atoms with van der Waals surface area (Å²) in [5, 5.41) is 12.7. The van der Waals surface area contributed by atoms with Crippen molar-refractivity contribution in [3.05, 3.63) is 86.3 Å². The zero-order valence-corrected chi connectivity index (χ0v) is 19.6. The van der Waals surface area contributed by atoms with Crippen LogP contribution in [0.1, 0.15) is 34.0 Å². The van der Waals surface area contributed by atoms with Crippen molar-refractivity contribution in [2.75, 3.05) is 11.9 Å². The van der Waals surface area contributed by atoms with Crippen LogP contribution in [0.25, 0.3) is 0 Å². The van der Waals surface area contributed by atoms with E-state index in [4.69, 9.17) is 21.1 Å². The molecule has 0 aliphatic carbocycles. The molecule has 0 amide bonds. The summed E-state index contributed by atoms with van der Waals surface area (Å²) in [5.41, 5.74) is 3.94. The molecule has 3 aromatic rings. The number of benzene rings is 3. The Balaban J connectivity index is 1.75. The van der Waals surface area contributed by atoms with Gasteiger partial charge in [0.25, 0.3) is 0 Å². The number of hydrogen-bond acceptors (Lipinski definition) is 4. The molecule has 3 aromatic carbocycles. The quantitative estimate of drug-likeness (QED) is 0.339. The van der Waals surface area contributed by atoms with Crippen LogP contribution >= 0.6 is 27.5 Å². The first kappa shape index (κ1) is 23.0. The van der Waals surface area contributed by atoms with Crippen LogP contribution in [0, 0.1) is 6.92 Å². The second kappa shape index (κ2) is 10.6. The smallest absolute Gasteiger partial charge is 0.337 e. The summed E-state index contributed by atoms with van der Waals surface area (Å²) in [6, 6.07) is 16.9. The monoisotopic (exact) mass is 503 g/mol. The molecule has 31 heavy (non-hydrogen) atoms. The van der Waals surface area contributed by atoms with Crippen LogP contribution < -0.4 is 14.8 Å². The van der Waals surface area contributed by atoms with E-state index in [0.717, 1.165) is 15.6 Å². The molecular formula is C24H23BrClNO4. The Morgan fingerprint density at radius 2 is 1.81 bits per heavy atom. The van der Waals surface area contributed by atoms with Gasteiger partial charge in [-0.1, -0.05) is 41.4 Å². The van der Waals surface area contributed by atoms with Crippen molar-refractivity contribution in [1.29, 1.82) is 0 Å². The van der Waals surface area contributed by atoms with Gasteiger partial charge in [0.05, 0.1) is 21.7 Å². The number of anilines is 1. The van der Waals surface area contributed by atoms with Crippen LogP contribution in [0.15, 0.2) is 59.1 Å². The zero-order valence-electron chi connectivity index (χ0n) is 17.2. The normalized spacial score (nSPS) is 10.6. The van der Waals surface area contributed by atoms with Crippen LogP contribution in [0.3, 0.4) is 0 Å². The summed E-state index contributed by atoms with van der Waals surface area (Å²) in [7, 11) is 0. The fourth-order valence-electron chi connectivity index (χ4n) is 2.97. The van der Waals surface area contributed by atoms with Gasteiger partial charge < -0.3 is 19.9 Å². The number of carboxylic acids is 1. The number of carboxylic acid groups (broad SMARTS) is 1. The standard InChI is InChI=1S/C24H23BrClNO4/c1-3-30-22-11-17(13-27-18-8-9-21(26)19(12-18)24(28)29)10-20(25)23(22)31-14-16-6-4-15(2)5-7-16/h4-12,27H,3,13-14H2,1-2H3,(H,28,29). The molecule has 0 fully saturated rings. The molecule has 0 spiro atoms. The number of rotatable bonds is 9. The van der Waals surface area contributed by atoms with E-state index >= 15 is 0 Å². The summed E-state index contributed by atoms with van der Waals surface area (Å²) < 4.78 is 12.6. The lowest BCUT2D eigenvalue weighted by atomic mass is 10.1. The Bertz CT molecular complexity index is 1070. The summed E-state index contributed by atoms with van der Waals surface area (Å²) in [6.07, 6.45) is 0. The Labute approximate surface area is 195 Å². The number of aromatic carboxylic acids is 1. The van der Waals surface area contributed by atoms with E-state index < -0.39 is 5.97 Å². The van der Waals surface area contributed by atoms with Crippen molar-refractivity contribution < 1.29 is 19.4 Å². The minimum absolute atomic E-state index is 0.0581. The highest BCUT2D eigenvalue weighted by Crippen LogP contribution is 2.37. The maximum atomic E-state index is 11.3. The third kappa shape index (κ3) is 6.15. The van der Waals surface area contributed by atoms with Crippen molar-refractivity contribution in [3.63, 3.8) is 0 Å². The van der Waals surface area contributed by atoms with Gasteiger partial charge in [-0.25, -0.2) is 4.79 Å². The summed E-state index contributed by atoms with van der Waals surface area (Å²) in [4.78, 5) is 11.3. The minimum atomic E-state index is -1.06. The summed E-state index contributed by atoms with van der Waals surface area (Å²) >= 11 is 9.53. The van der Waals surface area contributed by atoms with Gasteiger partial charge in [0.2, 0.25) is 0 Å². The van der Waals surface area contributed by atoms with Gasteiger partial charge in [0.1, 0.15) is 6.61 Å². The second-order valence-electron chi connectivity index (χ2n) is 6.97. The fraction of sp³-hybridized carbons (Fsp3) is 0.208. The van der Waals surface area contributed by atoms with E-state index in [9.17, 15) is 9.90 Å². The Morgan fingerprint density at radius 1 is 1.06 bits per heavy atom. The van der Waals surface area contributed by atoms with Crippen molar-refractivity contribution in [1.82, 2.24) is 0 Å². The van der Waals surface area contributed by atoms with Crippen molar-refractivity contribution >= 4 is 39.2 Å². The zero-order chi connectivity index (χ0) is 22.4. The maximum Gasteiger partial charge on any atom is 0.337 e. The fourth-order valence-corrected chi connectivity index (χ4v) is 3.77. The van der Waals surface area contributed by atoms with Gasteiger partial charge in [-0.2, -0.15) is 0 Å². The lowest BCUT2D eigenvalue weighted by Crippen LogP contribution is -2.05. The lowest BCUT2D eigenvalue weighted by molar-refractivity contribution is 0.0697. The Kier molecular flexibility index (Phi) is 7.82. The van der Waals surface area contributed by atoms with Gasteiger partial charge >= 0.3 is 5.97 Å². The van der Waals surface area contributed by atoms with E-state index in [-0.39, 0.29) is 10.6 Å². The van der Waals surface area contributed by atoms with Gasteiger partial charge in [-0.3, -0.25) is 0 Å². The molecule has 2 N–H and O–H groups in total. The molecule has 0 atom stereocenters. The predicted octanol–water partition coefficient (Wildman–Crippen LogP) is 6.70. The molecule has 0 unspecified atom stereocenters. The molecule has 5 nitrogen and oxygen atoms in total. The number of nitrogens with one attached hydrogen (secondary N) is 1. The number of halogens is 2. The topological polar surface area (TPSA) is 67.8 Å². The Morgan fingerprint density at radius 3 is 2.48 bits per heavy atom. The molecule has 162 valence electrons. The van der Waals surface area contributed by atoms with Crippen LogP contribution in [0.4, 0.5) is 5.69 Å². The molecule has 0 bridgehead atoms. The van der Waals surface area contributed by atoms with Crippen LogP contribution in [0.5, 0.6) is 11.5 Å². The van der Waals surface area contributed by atoms with E-state index in [1.807, 2.05) is 38.1 Å². The molecule has 0 aliphatic heterocycles. The number of carbonyl (C=O) groups is 1. The van der Waals surface area contributed by atoms with E-state index in [0.29, 0.717) is 36.9 Å². The molecule has 3 rings (SSSR count). The van der Waals surface area contributed by atoms with Crippen LogP contribution in [-0.2, 0) is 13.2 Å². The van der Waals surface area contributed by atoms with Crippen LogP contribution in [-0.4, -0.2) is 17.7 Å². The number of ether oxygens (including phenoxy) is 2. The molecule has 0 saturated carbocycles. The van der Waals surface area contributed by atoms with Gasteiger partial charge in [-0.05, 0) is 71.2 Å². The maximum absolute atomic E-state index is 11.3. The summed E-state index contributed by atoms with van der Waals surface area (Å²) in [6.45, 7) is 5.37. The predicted molar refractivity (Wildman–Crippen MR) is 127 cm³/mol.